The average molecular weight is 371 g/mol. The molecule has 1 N–H and O–H groups in total. The van der Waals surface area contributed by atoms with E-state index in [1.165, 1.54) is 0 Å². The largest absolute Gasteiger partial charge is 0.481 e. The summed E-state index contributed by atoms with van der Waals surface area (Å²) in [6.45, 7) is 7.20. The maximum absolute atomic E-state index is 11.0. The van der Waals surface area contributed by atoms with E-state index in [1.807, 2.05) is 10.9 Å². The molecule has 2 fully saturated rings. The van der Waals surface area contributed by atoms with Crippen LogP contribution in [0.3, 0.4) is 0 Å². The second-order valence-corrected chi connectivity index (χ2v) is 7.36. The van der Waals surface area contributed by atoms with Gasteiger partial charge in [-0.2, -0.15) is 5.10 Å². The molecule has 2 aliphatic rings. The molecule has 0 bridgehead atoms. The van der Waals surface area contributed by atoms with Crippen LogP contribution < -0.4 is 0 Å². The number of hydrogen-bond donors (Lipinski definition) is 1. The normalized spacial score (nSPS) is 26.0. The van der Waals surface area contributed by atoms with Gasteiger partial charge in [-0.3, -0.25) is 14.4 Å². The number of morpholine rings is 1. The molecule has 25 heavy (non-hydrogen) atoms. The van der Waals surface area contributed by atoms with E-state index in [0.717, 1.165) is 65.3 Å². The van der Waals surface area contributed by atoms with E-state index in [2.05, 4.69) is 14.9 Å². The lowest BCUT2D eigenvalue weighted by Crippen LogP contribution is -2.54. The molecule has 0 aliphatic carbocycles. The fourth-order valence-corrected chi connectivity index (χ4v) is 4.14. The summed E-state index contributed by atoms with van der Waals surface area (Å²) in [5.74, 6) is -0.312. The van der Waals surface area contributed by atoms with Crippen LogP contribution >= 0.6 is 11.6 Å². The Bertz CT molecular complexity index is 562. The molecule has 2 unspecified atom stereocenters. The number of nitrogens with zero attached hydrogens (tertiary/aromatic N) is 4. The lowest BCUT2D eigenvalue weighted by atomic mass is 9.86. The van der Waals surface area contributed by atoms with Crippen LogP contribution in [0.15, 0.2) is 12.4 Å². The number of rotatable bonds is 7. The highest BCUT2D eigenvalue weighted by molar-refractivity contribution is 6.30. The summed E-state index contributed by atoms with van der Waals surface area (Å²) in [6, 6.07) is 0.471. The molecule has 1 aromatic heterocycles. The van der Waals surface area contributed by atoms with Crippen LogP contribution in [0, 0.1) is 5.92 Å². The molecule has 0 radical (unpaired) electrons. The number of aromatic nitrogens is 2. The monoisotopic (exact) mass is 370 g/mol. The van der Waals surface area contributed by atoms with Gasteiger partial charge in [0.05, 0.1) is 31.0 Å². The predicted molar refractivity (Wildman–Crippen MR) is 94.8 cm³/mol. The smallest absolute Gasteiger partial charge is 0.303 e. The quantitative estimate of drug-likeness (QED) is 0.782. The minimum atomic E-state index is -0.705. The topological polar surface area (TPSA) is 70.8 Å². The zero-order valence-electron chi connectivity index (χ0n) is 14.5. The van der Waals surface area contributed by atoms with Crippen molar-refractivity contribution in [1.82, 2.24) is 19.6 Å². The van der Waals surface area contributed by atoms with Crippen molar-refractivity contribution in [2.45, 2.75) is 31.8 Å². The van der Waals surface area contributed by atoms with Crippen LogP contribution in [0.1, 0.15) is 19.3 Å². The number of carbonyl (C=O) groups is 1. The van der Waals surface area contributed by atoms with Crippen LogP contribution in [-0.4, -0.2) is 82.6 Å². The molecule has 3 rings (SSSR count). The van der Waals surface area contributed by atoms with Gasteiger partial charge in [0.1, 0.15) is 0 Å². The third-order valence-corrected chi connectivity index (χ3v) is 5.46. The number of hydrogen-bond acceptors (Lipinski definition) is 5. The fourth-order valence-electron chi connectivity index (χ4n) is 3.99. The van der Waals surface area contributed by atoms with Crippen molar-refractivity contribution < 1.29 is 14.6 Å². The van der Waals surface area contributed by atoms with Gasteiger partial charge in [0.2, 0.25) is 0 Å². The Morgan fingerprint density at radius 3 is 2.80 bits per heavy atom. The van der Waals surface area contributed by atoms with E-state index in [1.54, 1.807) is 6.20 Å². The van der Waals surface area contributed by atoms with Crippen molar-refractivity contribution in [2.24, 2.45) is 5.92 Å². The molecule has 8 heteroatoms. The van der Waals surface area contributed by atoms with Crippen molar-refractivity contribution in [1.29, 1.82) is 0 Å². The van der Waals surface area contributed by atoms with Crippen LogP contribution in [0.2, 0.25) is 5.02 Å². The van der Waals surface area contributed by atoms with Gasteiger partial charge in [0.25, 0.3) is 0 Å². The van der Waals surface area contributed by atoms with E-state index >= 15 is 0 Å². The summed E-state index contributed by atoms with van der Waals surface area (Å²) >= 11 is 5.91. The Labute approximate surface area is 153 Å². The molecule has 0 amide bonds. The molecular formula is C17H27ClN4O3. The third-order valence-electron chi connectivity index (χ3n) is 5.27. The van der Waals surface area contributed by atoms with Gasteiger partial charge in [0, 0.05) is 44.8 Å². The lowest BCUT2D eigenvalue weighted by Gasteiger charge is -2.45. The second-order valence-electron chi connectivity index (χ2n) is 6.92. The second kappa shape index (κ2) is 8.98. The van der Waals surface area contributed by atoms with Crippen molar-refractivity contribution in [3.05, 3.63) is 17.4 Å². The number of likely N-dealkylation sites (tertiary alicyclic amines) is 1. The minimum absolute atomic E-state index is 0.244. The number of carboxylic acid groups (broad SMARTS) is 1. The maximum Gasteiger partial charge on any atom is 0.303 e. The summed E-state index contributed by atoms with van der Waals surface area (Å²) < 4.78 is 7.33. The summed E-state index contributed by atoms with van der Waals surface area (Å²) in [5.41, 5.74) is 0. The summed E-state index contributed by atoms with van der Waals surface area (Å²) in [5, 5.41) is 14.0. The van der Waals surface area contributed by atoms with Gasteiger partial charge >= 0.3 is 5.97 Å². The Hall–Kier alpha value is -1.15. The maximum atomic E-state index is 11.0. The Kier molecular flexibility index (Phi) is 6.70. The van der Waals surface area contributed by atoms with Crippen molar-refractivity contribution in [3.63, 3.8) is 0 Å². The third kappa shape index (κ3) is 5.41. The van der Waals surface area contributed by atoms with Crippen molar-refractivity contribution in [3.8, 4) is 0 Å². The number of ether oxygens (including phenoxy) is 1. The van der Waals surface area contributed by atoms with E-state index in [-0.39, 0.29) is 6.42 Å². The molecular weight excluding hydrogens is 344 g/mol. The molecule has 0 spiro atoms. The first kappa shape index (κ1) is 18.6. The van der Waals surface area contributed by atoms with E-state index in [9.17, 15) is 4.79 Å². The molecule has 140 valence electrons. The molecule has 0 aromatic carbocycles. The number of carboxylic acids is 1. The van der Waals surface area contributed by atoms with E-state index in [4.69, 9.17) is 21.4 Å². The van der Waals surface area contributed by atoms with E-state index < -0.39 is 5.97 Å². The minimum Gasteiger partial charge on any atom is -0.481 e. The zero-order chi connectivity index (χ0) is 17.6. The van der Waals surface area contributed by atoms with Gasteiger partial charge in [-0.15, -0.1) is 0 Å². The van der Waals surface area contributed by atoms with Gasteiger partial charge in [-0.25, -0.2) is 0 Å². The molecule has 2 aliphatic heterocycles. The Balaban J connectivity index is 1.56. The number of halogens is 1. The number of piperidine rings is 1. The molecule has 2 atom stereocenters. The van der Waals surface area contributed by atoms with Crippen LogP contribution in [-0.2, 0) is 16.1 Å². The van der Waals surface area contributed by atoms with Gasteiger partial charge in [-0.1, -0.05) is 11.6 Å². The summed E-state index contributed by atoms with van der Waals surface area (Å²) in [6.07, 6.45) is 5.56. The van der Waals surface area contributed by atoms with Gasteiger partial charge < -0.3 is 14.7 Å². The average Bonchev–Trinajstić information content (AvgIpc) is 3.04. The van der Waals surface area contributed by atoms with Crippen LogP contribution in [0.25, 0.3) is 0 Å². The highest BCUT2D eigenvalue weighted by atomic mass is 35.5. The molecule has 0 saturated carbocycles. The first-order valence-corrected chi connectivity index (χ1v) is 9.43. The van der Waals surface area contributed by atoms with Crippen LogP contribution in [0.4, 0.5) is 0 Å². The first-order chi connectivity index (χ1) is 12.1. The highest BCUT2D eigenvalue weighted by Gasteiger charge is 2.33. The molecule has 1 aromatic rings. The van der Waals surface area contributed by atoms with Crippen molar-refractivity contribution in [2.75, 3.05) is 45.9 Å². The van der Waals surface area contributed by atoms with Crippen LogP contribution in [0.5, 0.6) is 0 Å². The molecule has 3 heterocycles. The summed E-state index contributed by atoms with van der Waals surface area (Å²) in [4.78, 5) is 16.0. The zero-order valence-corrected chi connectivity index (χ0v) is 15.3. The number of aliphatic carboxylic acids is 1. The van der Waals surface area contributed by atoms with Gasteiger partial charge in [-0.05, 0) is 25.3 Å². The lowest BCUT2D eigenvalue weighted by molar-refractivity contribution is -0.137. The SMILES string of the molecule is O=C(O)CCC1CN(CCn2cc(Cl)cn2)CCC1N1CCOCC1. The van der Waals surface area contributed by atoms with Crippen molar-refractivity contribution >= 4 is 17.6 Å². The highest BCUT2D eigenvalue weighted by Crippen LogP contribution is 2.27. The Morgan fingerprint density at radius 2 is 2.12 bits per heavy atom. The standard InChI is InChI=1S/C17H27ClN4O3/c18-15-11-19-22(13-15)6-5-20-4-3-16(21-7-9-25-10-8-21)14(12-20)1-2-17(23)24/h11,13-14,16H,1-10,12H2,(H,23,24). The molecule has 2 saturated heterocycles. The predicted octanol–water partition coefficient (Wildman–Crippen LogP) is 1.42. The van der Waals surface area contributed by atoms with E-state index in [0.29, 0.717) is 17.0 Å². The first-order valence-electron chi connectivity index (χ1n) is 9.06. The molecule has 7 nitrogen and oxygen atoms in total. The Morgan fingerprint density at radius 1 is 1.32 bits per heavy atom. The van der Waals surface area contributed by atoms with Gasteiger partial charge in [0.15, 0.2) is 0 Å². The summed E-state index contributed by atoms with van der Waals surface area (Å²) in [7, 11) is 0. The fraction of sp³-hybridized carbons (Fsp3) is 0.765.